The molecule has 2 aromatic carbocycles. The molecule has 1 amide bonds. The van der Waals surface area contributed by atoms with Gasteiger partial charge in [0.2, 0.25) is 5.91 Å². The molecule has 9 heteroatoms. The van der Waals surface area contributed by atoms with Crippen LogP contribution in [0.5, 0.6) is 5.75 Å². The zero-order valence-corrected chi connectivity index (χ0v) is 22.3. The molecule has 8 nitrogen and oxygen atoms in total. The Balaban J connectivity index is 1.20. The maximum absolute atomic E-state index is 11.5. The number of nitrogens with zero attached hydrogens (tertiary/aromatic N) is 5. The molecule has 0 spiro atoms. The largest absolute Gasteiger partial charge is 0.492 e. The number of carbonyl (C=O) groups excluding carboxylic acids is 1. The second-order valence-corrected chi connectivity index (χ2v) is 10.2. The Kier molecular flexibility index (Phi) is 7.62. The number of amides is 1. The van der Waals surface area contributed by atoms with Crippen LogP contribution in [0.15, 0.2) is 54.0 Å². The highest BCUT2D eigenvalue weighted by Crippen LogP contribution is 2.28. The normalized spacial score (nSPS) is 15.1. The van der Waals surface area contributed by atoms with E-state index in [4.69, 9.17) is 4.74 Å². The summed E-state index contributed by atoms with van der Waals surface area (Å²) in [6, 6.07) is 16.4. The van der Waals surface area contributed by atoms with Gasteiger partial charge in [-0.15, -0.1) is 11.3 Å². The number of piperazine rings is 1. The summed E-state index contributed by atoms with van der Waals surface area (Å²) < 4.78 is 7.21. The fraction of sp³-hybridized carbons (Fsp3) is 0.357. The van der Waals surface area contributed by atoms with Gasteiger partial charge in [-0.05, 0) is 43.7 Å². The van der Waals surface area contributed by atoms with Crippen LogP contribution in [0, 0.1) is 6.92 Å². The highest BCUT2D eigenvalue weighted by Gasteiger charge is 2.18. The summed E-state index contributed by atoms with van der Waals surface area (Å²) in [4.78, 5) is 29.4. The monoisotopic (exact) mass is 516 g/mol. The lowest BCUT2D eigenvalue weighted by Crippen LogP contribution is -2.48. The van der Waals surface area contributed by atoms with Gasteiger partial charge in [-0.2, -0.15) is 0 Å². The molecular weight excluding hydrogens is 484 g/mol. The minimum atomic E-state index is 0.0364. The molecule has 1 N–H and O–H groups in total. The number of nitrogens with one attached hydrogen (secondary N) is 1. The molecular formula is C28H32N6O2S. The molecule has 1 aliphatic heterocycles. The van der Waals surface area contributed by atoms with Gasteiger partial charge in [0, 0.05) is 51.3 Å². The van der Waals surface area contributed by atoms with E-state index in [1.165, 1.54) is 0 Å². The summed E-state index contributed by atoms with van der Waals surface area (Å²) in [6.45, 7) is 10.5. The molecule has 0 bridgehead atoms. The molecule has 1 saturated heterocycles. The van der Waals surface area contributed by atoms with Gasteiger partial charge in [-0.25, -0.2) is 15.0 Å². The summed E-state index contributed by atoms with van der Waals surface area (Å²) in [6.07, 6.45) is 0. The third-order valence-corrected chi connectivity index (χ3v) is 7.47. The van der Waals surface area contributed by atoms with E-state index < -0.39 is 0 Å². The Labute approximate surface area is 221 Å². The molecule has 4 aromatic rings. The van der Waals surface area contributed by atoms with Crippen molar-refractivity contribution in [2.45, 2.75) is 26.8 Å². The quantitative estimate of drug-likeness (QED) is 0.361. The number of aryl methyl sites for hydroxylation is 1. The van der Waals surface area contributed by atoms with Crippen molar-refractivity contribution in [1.82, 2.24) is 24.8 Å². The highest BCUT2D eigenvalue weighted by molar-refractivity contribution is 7.16. The predicted octanol–water partition coefficient (Wildman–Crippen LogP) is 4.78. The first-order valence-electron chi connectivity index (χ1n) is 12.6. The molecule has 1 aliphatic rings. The fourth-order valence-electron chi connectivity index (χ4n) is 4.56. The lowest BCUT2D eigenvalue weighted by molar-refractivity contribution is -0.130. The van der Waals surface area contributed by atoms with E-state index in [2.05, 4.69) is 56.4 Å². The molecule has 0 aliphatic carbocycles. The minimum Gasteiger partial charge on any atom is -0.492 e. The number of anilines is 1. The van der Waals surface area contributed by atoms with E-state index in [1.54, 1.807) is 18.3 Å². The number of carbonyl (C=O) groups is 1. The predicted molar refractivity (Wildman–Crippen MR) is 148 cm³/mol. The molecule has 0 saturated carbocycles. The smallest absolute Gasteiger partial charge is 0.219 e. The zero-order valence-electron chi connectivity index (χ0n) is 21.5. The van der Waals surface area contributed by atoms with E-state index in [9.17, 15) is 4.79 Å². The third-order valence-electron chi connectivity index (χ3n) is 6.68. The molecule has 1 unspecified atom stereocenters. The number of rotatable bonds is 8. The molecule has 0 radical (unpaired) electrons. The molecule has 1 fully saturated rings. The molecule has 5 rings (SSSR count). The standard InChI is InChI=1S/C28H32N6O2S/c1-19(22-5-4-6-24(15-22)36-14-13-33-9-11-34(12-10-33)21(3)35)30-28-17-26(31-20(2)32-28)23-7-8-25-27(16-23)37-18-29-25/h4-8,15-19H,9-14H2,1-3H3,(H,30,31,32). The molecule has 192 valence electrons. The summed E-state index contributed by atoms with van der Waals surface area (Å²) >= 11 is 1.63. The van der Waals surface area contributed by atoms with Crippen molar-refractivity contribution in [2.75, 3.05) is 44.6 Å². The van der Waals surface area contributed by atoms with Gasteiger partial charge in [0.1, 0.15) is 24.0 Å². The number of hydrogen-bond donors (Lipinski definition) is 1. The summed E-state index contributed by atoms with van der Waals surface area (Å²) in [5.41, 5.74) is 5.93. The number of aromatic nitrogens is 3. The Morgan fingerprint density at radius 1 is 1.11 bits per heavy atom. The van der Waals surface area contributed by atoms with Crippen molar-refractivity contribution in [3.8, 4) is 17.0 Å². The summed E-state index contributed by atoms with van der Waals surface area (Å²) in [5.74, 6) is 2.51. The third kappa shape index (κ3) is 6.23. The lowest BCUT2D eigenvalue weighted by atomic mass is 10.1. The van der Waals surface area contributed by atoms with Crippen LogP contribution in [0.4, 0.5) is 5.82 Å². The van der Waals surface area contributed by atoms with Crippen molar-refractivity contribution in [3.05, 3.63) is 65.4 Å². The number of benzene rings is 2. The second-order valence-electron chi connectivity index (χ2n) is 9.36. The Bertz CT molecular complexity index is 1380. The second kappa shape index (κ2) is 11.2. The van der Waals surface area contributed by atoms with Gasteiger partial charge < -0.3 is 15.0 Å². The SMILES string of the molecule is CC(=O)N1CCN(CCOc2cccc(C(C)Nc3cc(-c4ccc5ncsc5c4)nc(C)n3)c2)CC1. The highest BCUT2D eigenvalue weighted by atomic mass is 32.1. The van der Waals surface area contributed by atoms with Crippen LogP contribution in [0.2, 0.25) is 0 Å². The van der Waals surface area contributed by atoms with Crippen LogP contribution in [-0.2, 0) is 4.79 Å². The van der Waals surface area contributed by atoms with Crippen molar-refractivity contribution in [3.63, 3.8) is 0 Å². The van der Waals surface area contributed by atoms with Gasteiger partial charge in [0.25, 0.3) is 0 Å². The first-order valence-corrected chi connectivity index (χ1v) is 13.5. The Morgan fingerprint density at radius 2 is 1.95 bits per heavy atom. The summed E-state index contributed by atoms with van der Waals surface area (Å²) in [7, 11) is 0. The van der Waals surface area contributed by atoms with Gasteiger partial charge >= 0.3 is 0 Å². The van der Waals surface area contributed by atoms with Gasteiger partial charge in [-0.3, -0.25) is 9.69 Å². The number of thiazole rings is 1. The van der Waals surface area contributed by atoms with Crippen molar-refractivity contribution >= 4 is 33.3 Å². The van der Waals surface area contributed by atoms with E-state index in [0.29, 0.717) is 6.61 Å². The molecule has 2 aromatic heterocycles. The van der Waals surface area contributed by atoms with Crippen molar-refractivity contribution in [2.24, 2.45) is 0 Å². The fourth-order valence-corrected chi connectivity index (χ4v) is 5.28. The van der Waals surface area contributed by atoms with Crippen molar-refractivity contribution < 1.29 is 9.53 Å². The van der Waals surface area contributed by atoms with Crippen LogP contribution in [0.25, 0.3) is 21.5 Å². The zero-order chi connectivity index (χ0) is 25.8. The first-order chi connectivity index (χ1) is 17.9. The maximum Gasteiger partial charge on any atom is 0.219 e. The maximum atomic E-state index is 11.5. The van der Waals surface area contributed by atoms with Crippen LogP contribution >= 0.6 is 11.3 Å². The van der Waals surface area contributed by atoms with Crippen LogP contribution in [0.1, 0.15) is 31.3 Å². The van der Waals surface area contributed by atoms with E-state index >= 15 is 0 Å². The van der Waals surface area contributed by atoms with Crippen LogP contribution in [0.3, 0.4) is 0 Å². The first kappa shape index (κ1) is 25.1. The number of hydrogen-bond acceptors (Lipinski definition) is 8. The lowest BCUT2D eigenvalue weighted by Gasteiger charge is -2.34. The molecule has 37 heavy (non-hydrogen) atoms. The van der Waals surface area contributed by atoms with Crippen LogP contribution in [-0.4, -0.2) is 70.0 Å². The Hall–Kier alpha value is -3.56. The van der Waals surface area contributed by atoms with E-state index in [1.807, 2.05) is 41.6 Å². The molecule has 3 heterocycles. The van der Waals surface area contributed by atoms with Crippen molar-refractivity contribution in [1.29, 1.82) is 0 Å². The number of ether oxygens (including phenoxy) is 1. The minimum absolute atomic E-state index is 0.0364. The van der Waals surface area contributed by atoms with E-state index in [-0.39, 0.29) is 11.9 Å². The van der Waals surface area contributed by atoms with Crippen LogP contribution < -0.4 is 10.1 Å². The average molecular weight is 517 g/mol. The van der Waals surface area contributed by atoms with Gasteiger partial charge in [0.15, 0.2) is 0 Å². The summed E-state index contributed by atoms with van der Waals surface area (Å²) in [5, 5.41) is 3.53. The van der Waals surface area contributed by atoms with Gasteiger partial charge in [-0.1, -0.05) is 18.2 Å². The van der Waals surface area contributed by atoms with E-state index in [0.717, 1.165) is 77.2 Å². The molecule has 1 atom stereocenters. The Morgan fingerprint density at radius 3 is 2.76 bits per heavy atom. The topological polar surface area (TPSA) is 83.5 Å². The number of fused-ring (bicyclic) bond motifs is 1. The van der Waals surface area contributed by atoms with Gasteiger partial charge in [0.05, 0.1) is 27.5 Å². The average Bonchev–Trinajstić information content (AvgIpc) is 3.37.